The highest BCUT2D eigenvalue weighted by Gasteiger charge is 2.20. The van der Waals surface area contributed by atoms with Crippen molar-refractivity contribution in [2.45, 2.75) is 31.7 Å². The lowest BCUT2D eigenvalue weighted by Crippen LogP contribution is -2.16. The van der Waals surface area contributed by atoms with E-state index in [1.165, 1.54) is 25.0 Å². The lowest BCUT2D eigenvalue weighted by molar-refractivity contribution is 0.628. The number of fused-ring (bicyclic) bond motifs is 1. The number of hydrogen-bond acceptors (Lipinski definition) is 5. The van der Waals surface area contributed by atoms with Crippen LogP contribution in [0.3, 0.4) is 0 Å². The van der Waals surface area contributed by atoms with Crippen LogP contribution in [0, 0.1) is 5.82 Å². The minimum absolute atomic E-state index is 0. The van der Waals surface area contributed by atoms with E-state index < -0.39 is 0 Å². The molecule has 31 heavy (non-hydrogen) atoms. The van der Waals surface area contributed by atoms with Crippen molar-refractivity contribution >= 4 is 42.0 Å². The topological polar surface area (TPSA) is 81.1 Å². The van der Waals surface area contributed by atoms with Crippen LogP contribution in [-0.4, -0.2) is 25.6 Å². The molecule has 4 aromatic rings. The zero-order chi connectivity index (χ0) is 19.8. The van der Waals surface area contributed by atoms with Crippen molar-refractivity contribution in [1.82, 2.24) is 19.6 Å². The lowest BCUT2D eigenvalue weighted by atomic mass is 10.0. The van der Waals surface area contributed by atoms with E-state index in [0.717, 1.165) is 40.9 Å². The van der Waals surface area contributed by atoms with E-state index in [2.05, 4.69) is 10.3 Å². The van der Waals surface area contributed by atoms with Crippen LogP contribution < -0.4 is 11.1 Å². The average Bonchev–Trinajstić information content (AvgIpc) is 3.36. The van der Waals surface area contributed by atoms with Crippen LogP contribution in [0.15, 0.2) is 54.9 Å². The number of pyridine rings is 1. The number of nitrogens with zero attached hydrogens (tertiary/aromatic N) is 4. The van der Waals surface area contributed by atoms with Gasteiger partial charge < -0.3 is 11.1 Å². The van der Waals surface area contributed by atoms with Gasteiger partial charge in [-0.25, -0.2) is 18.9 Å². The molecule has 0 saturated heterocycles. The lowest BCUT2D eigenvalue weighted by Gasteiger charge is -2.12. The van der Waals surface area contributed by atoms with Crippen LogP contribution in [0.5, 0.6) is 0 Å². The predicted octanol–water partition coefficient (Wildman–Crippen LogP) is 5.38. The van der Waals surface area contributed by atoms with Crippen LogP contribution in [-0.2, 0) is 0 Å². The van der Waals surface area contributed by atoms with Gasteiger partial charge in [0, 0.05) is 17.8 Å². The van der Waals surface area contributed by atoms with Crippen LogP contribution in [0.25, 0.3) is 28.0 Å². The quantitative estimate of drug-likeness (QED) is 0.427. The third-order valence-electron chi connectivity index (χ3n) is 5.37. The Morgan fingerprint density at radius 2 is 1.74 bits per heavy atom. The van der Waals surface area contributed by atoms with Crippen LogP contribution in [0.1, 0.15) is 25.7 Å². The predicted molar refractivity (Wildman–Crippen MR) is 126 cm³/mol. The maximum Gasteiger partial charge on any atom is 0.223 e. The molecule has 0 aliphatic heterocycles. The average molecular weight is 461 g/mol. The van der Waals surface area contributed by atoms with E-state index in [1.54, 1.807) is 29.0 Å². The van der Waals surface area contributed by atoms with E-state index in [4.69, 9.17) is 15.8 Å². The summed E-state index contributed by atoms with van der Waals surface area (Å²) in [5.41, 5.74) is 10.6. The fraction of sp³-hybridized carbons (Fsp3) is 0.227. The number of nitrogen functional groups attached to an aromatic ring is 1. The van der Waals surface area contributed by atoms with Gasteiger partial charge in [-0.1, -0.05) is 12.8 Å². The van der Waals surface area contributed by atoms with E-state index in [-0.39, 0.29) is 30.6 Å². The fourth-order valence-electron chi connectivity index (χ4n) is 3.95. The highest BCUT2D eigenvalue weighted by atomic mass is 35.5. The molecule has 1 aliphatic rings. The molecular weight excluding hydrogens is 438 g/mol. The summed E-state index contributed by atoms with van der Waals surface area (Å²) in [5.74, 6) is 0.336. The van der Waals surface area contributed by atoms with Crippen LogP contribution in [0.2, 0.25) is 0 Å². The van der Waals surface area contributed by atoms with Gasteiger partial charge in [0.25, 0.3) is 0 Å². The van der Waals surface area contributed by atoms with Crippen LogP contribution in [0.4, 0.5) is 16.0 Å². The third-order valence-corrected chi connectivity index (χ3v) is 5.37. The minimum Gasteiger partial charge on any atom is -0.397 e. The first-order valence-corrected chi connectivity index (χ1v) is 9.81. The second-order valence-electron chi connectivity index (χ2n) is 7.41. The smallest absolute Gasteiger partial charge is 0.223 e. The van der Waals surface area contributed by atoms with Gasteiger partial charge in [0.2, 0.25) is 5.95 Å². The Morgan fingerprint density at radius 1 is 1.00 bits per heavy atom. The Bertz CT molecular complexity index is 1170. The molecule has 3 heterocycles. The Hall–Kier alpha value is -2.90. The largest absolute Gasteiger partial charge is 0.397 e. The number of nitrogens with one attached hydrogen (secondary N) is 1. The molecule has 5 rings (SSSR count). The maximum absolute atomic E-state index is 13.5. The molecule has 0 bridgehead atoms. The molecule has 162 valence electrons. The summed E-state index contributed by atoms with van der Waals surface area (Å²) >= 11 is 0. The fourth-order valence-corrected chi connectivity index (χ4v) is 3.95. The summed E-state index contributed by atoms with van der Waals surface area (Å²) in [6, 6.07) is 12.4. The van der Waals surface area contributed by atoms with Crippen molar-refractivity contribution in [3.63, 3.8) is 0 Å². The normalized spacial score (nSPS) is 13.6. The third kappa shape index (κ3) is 4.57. The zero-order valence-electron chi connectivity index (χ0n) is 16.7. The molecule has 3 aromatic heterocycles. The highest BCUT2D eigenvalue weighted by molar-refractivity contribution is 5.91. The molecule has 0 spiro atoms. The number of anilines is 2. The summed E-state index contributed by atoms with van der Waals surface area (Å²) < 4.78 is 15.2. The maximum atomic E-state index is 13.5. The van der Waals surface area contributed by atoms with Crippen molar-refractivity contribution in [3.05, 3.63) is 60.7 Å². The van der Waals surface area contributed by atoms with Gasteiger partial charge in [-0.3, -0.25) is 0 Å². The number of rotatable bonds is 4. The molecule has 3 N–H and O–H groups in total. The van der Waals surface area contributed by atoms with Gasteiger partial charge in [0.1, 0.15) is 11.5 Å². The van der Waals surface area contributed by atoms with Gasteiger partial charge in [-0.2, -0.15) is 5.10 Å². The molecule has 9 heteroatoms. The molecule has 0 amide bonds. The monoisotopic (exact) mass is 460 g/mol. The number of halogens is 3. The second-order valence-corrected chi connectivity index (χ2v) is 7.41. The molecule has 1 aromatic carbocycles. The van der Waals surface area contributed by atoms with Crippen LogP contribution >= 0.6 is 24.8 Å². The first-order chi connectivity index (χ1) is 14.2. The standard InChI is InChI=1S/C22H21FN6.2ClH/c23-15-7-5-14(6-8-15)21-20(19-10-9-16(24)13-29(19)28-21)18-11-12-25-22(27-18)26-17-3-1-2-4-17;;/h5-13,17H,1-4,24H2,(H,25,26,27);2*1H. The Kier molecular flexibility index (Phi) is 6.97. The van der Waals surface area contributed by atoms with Gasteiger partial charge in [0.05, 0.1) is 28.7 Å². The van der Waals surface area contributed by atoms with E-state index in [0.29, 0.717) is 17.7 Å². The zero-order valence-corrected chi connectivity index (χ0v) is 18.3. The Labute approximate surface area is 191 Å². The minimum atomic E-state index is -0.284. The highest BCUT2D eigenvalue weighted by Crippen LogP contribution is 2.35. The van der Waals surface area contributed by atoms with Crippen molar-refractivity contribution < 1.29 is 4.39 Å². The van der Waals surface area contributed by atoms with Gasteiger partial charge in [-0.05, 0) is 55.3 Å². The molecule has 6 nitrogen and oxygen atoms in total. The molecule has 0 atom stereocenters. The van der Waals surface area contributed by atoms with Crippen molar-refractivity contribution in [1.29, 1.82) is 0 Å². The molecular formula is C22H23Cl2FN6. The van der Waals surface area contributed by atoms with E-state index >= 15 is 0 Å². The van der Waals surface area contributed by atoms with Crippen molar-refractivity contribution in [3.8, 4) is 22.5 Å². The van der Waals surface area contributed by atoms with Gasteiger partial charge >= 0.3 is 0 Å². The van der Waals surface area contributed by atoms with Crippen molar-refractivity contribution in [2.75, 3.05) is 11.1 Å². The number of hydrogen-bond donors (Lipinski definition) is 2. The summed E-state index contributed by atoms with van der Waals surface area (Å²) in [6.07, 6.45) is 8.29. The number of benzene rings is 1. The molecule has 1 fully saturated rings. The second kappa shape index (κ2) is 9.49. The van der Waals surface area contributed by atoms with Gasteiger partial charge in [0.15, 0.2) is 0 Å². The number of aromatic nitrogens is 4. The summed E-state index contributed by atoms with van der Waals surface area (Å²) in [4.78, 5) is 9.18. The van der Waals surface area contributed by atoms with Gasteiger partial charge in [-0.15, -0.1) is 24.8 Å². The first kappa shape index (κ1) is 22.8. The summed E-state index contributed by atoms with van der Waals surface area (Å²) in [7, 11) is 0. The Morgan fingerprint density at radius 3 is 2.48 bits per heavy atom. The van der Waals surface area contributed by atoms with E-state index in [9.17, 15) is 4.39 Å². The molecule has 0 unspecified atom stereocenters. The SMILES string of the molecule is Cl.Cl.Nc1ccc2c(-c3ccnc(NC4CCCC4)n3)c(-c3ccc(F)cc3)nn2c1. The summed E-state index contributed by atoms with van der Waals surface area (Å²) in [6.45, 7) is 0. The molecule has 1 aliphatic carbocycles. The van der Waals surface area contributed by atoms with E-state index in [1.807, 2.05) is 18.2 Å². The molecule has 1 saturated carbocycles. The molecule has 0 radical (unpaired) electrons. The first-order valence-electron chi connectivity index (χ1n) is 9.81. The Balaban J connectivity index is 0.00000136. The summed E-state index contributed by atoms with van der Waals surface area (Å²) in [5, 5.41) is 8.16. The number of nitrogens with two attached hydrogens (primary N) is 1. The van der Waals surface area contributed by atoms with Crippen molar-refractivity contribution in [2.24, 2.45) is 0 Å².